The smallest absolute Gasteiger partial charge is 0.240 e. The predicted molar refractivity (Wildman–Crippen MR) is 29.6 cm³/mol. The van der Waals surface area contributed by atoms with E-state index in [-0.39, 0.29) is 6.41 Å². The first kappa shape index (κ1) is 9.84. The highest BCUT2D eigenvalue weighted by Crippen LogP contribution is 1.48. The molecule has 0 aliphatic rings. The molecule has 0 atom stereocenters. The summed E-state index contributed by atoms with van der Waals surface area (Å²) in [4.78, 5) is 18.1. The maximum Gasteiger partial charge on any atom is 0.240 e. The Hall–Kier alpha value is -1.32. The van der Waals surface area contributed by atoms with Gasteiger partial charge in [-0.3, -0.25) is 9.59 Å². The van der Waals surface area contributed by atoms with Crippen molar-refractivity contribution in [2.75, 3.05) is 0 Å². The van der Waals surface area contributed by atoms with E-state index >= 15 is 0 Å². The van der Waals surface area contributed by atoms with Crippen molar-refractivity contribution in [3.05, 3.63) is 12.7 Å². The summed E-state index contributed by atoms with van der Waals surface area (Å²) < 4.78 is 0. The number of hydrogen-bond donors (Lipinski definition) is 2. The van der Waals surface area contributed by atoms with E-state index in [1.165, 1.54) is 0 Å². The fourth-order valence-corrected chi connectivity index (χ4v) is 0. The SMILES string of the molecule is C=CC(N)=O.NC=O. The highest BCUT2D eigenvalue weighted by Gasteiger charge is 1.69. The normalized spacial score (nSPS) is 5.50. The third-order valence-corrected chi connectivity index (χ3v) is 0.201. The molecule has 4 N–H and O–H groups in total. The third-order valence-electron chi connectivity index (χ3n) is 0.201. The van der Waals surface area contributed by atoms with Crippen LogP contribution in [0.4, 0.5) is 0 Å². The van der Waals surface area contributed by atoms with Gasteiger partial charge in [0, 0.05) is 0 Å². The maximum absolute atomic E-state index is 9.47. The minimum atomic E-state index is -0.481. The Morgan fingerprint density at radius 1 is 1.62 bits per heavy atom. The van der Waals surface area contributed by atoms with Gasteiger partial charge in [-0.05, 0) is 6.08 Å². The number of primary amides is 2. The summed E-state index contributed by atoms with van der Waals surface area (Å²) >= 11 is 0. The summed E-state index contributed by atoms with van der Waals surface area (Å²) in [6, 6.07) is 0. The van der Waals surface area contributed by atoms with Crippen LogP contribution in [0.3, 0.4) is 0 Å². The Morgan fingerprint density at radius 2 is 1.75 bits per heavy atom. The van der Waals surface area contributed by atoms with E-state index in [4.69, 9.17) is 4.79 Å². The van der Waals surface area contributed by atoms with Crippen molar-refractivity contribution < 1.29 is 9.59 Å². The van der Waals surface area contributed by atoms with E-state index in [1.54, 1.807) is 0 Å². The molecule has 0 aliphatic carbocycles. The molecule has 0 aromatic carbocycles. The van der Waals surface area contributed by atoms with E-state index < -0.39 is 5.91 Å². The highest BCUT2D eigenvalue weighted by molar-refractivity contribution is 5.84. The standard InChI is InChI=1S/C3H5NO.CH3NO/c1-2-3(4)5;2-1-3/h2H,1H2,(H2,4,5);1H,(H2,2,3). The van der Waals surface area contributed by atoms with Gasteiger partial charge in [-0.25, -0.2) is 0 Å². The van der Waals surface area contributed by atoms with Crippen LogP contribution in [0.1, 0.15) is 0 Å². The quantitative estimate of drug-likeness (QED) is 0.331. The zero-order valence-corrected chi connectivity index (χ0v) is 4.33. The zero-order valence-electron chi connectivity index (χ0n) is 4.33. The number of amides is 2. The number of nitrogens with two attached hydrogens (primary N) is 2. The van der Waals surface area contributed by atoms with Gasteiger partial charge in [0.25, 0.3) is 0 Å². The highest BCUT2D eigenvalue weighted by atomic mass is 16.1. The number of hydrogen-bond acceptors (Lipinski definition) is 2. The molecule has 0 aromatic heterocycles. The molecule has 0 saturated carbocycles. The summed E-state index contributed by atoms with van der Waals surface area (Å²) in [6.45, 7) is 3.09. The fraction of sp³-hybridized carbons (Fsp3) is 0. The lowest BCUT2D eigenvalue weighted by molar-refractivity contribution is -0.113. The van der Waals surface area contributed by atoms with Crippen LogP contribution in [0.25, 0.3) is 0 Å². The lowest BCUT2D eigenvalue weighted by Crippen LogP contribution is -2.04. The molecule has 0 unspecified atom stereocenters. The molecular weight excluding hydrogens is 108 g/mol. The minimum absolute atomic E-state index is 0.250. The maximum atomic E-state index is 9.47. The van der Waals surface area contributed by atoms with Crippen LogP contribution in [0.15, 0.2) is 12.7 Å². The Kier molecular flexibility index (Phi) is 11.3. The molecule has 4 heteroatoms. The average molecular weight is 116 g/mol. The molecule has 0 heterocycles. The molecule has 0 spiro atoms. The van der Waals surface area contributed by atoms with Crippen LogP contribution in [0.2, 0.25) is 0 Å². The van der Waals surface area contributed by atoms with Gasteiger partial charge in [0.05, 0.1) is 0 Å². The van der Waals surface area contributed by atoms with E-state index in [0.717, 1.165) is 6.08 Å². The molecule has 0 radical (unpaired) electrons. The molecule has 2 amide bonds. The molecule has 0 aromatic rings. The number of rotatable bonds is 1. The van der Waals surface area contributed by atoms with Gasteiger partial charge in [0.2, 0.25) is 12.3 Å². The van der Waals surface area contributed by atoms with Gasteiger partial charge in [0.1, 0.15) is 0 Å². The van der Waals surface area contributed by atoms with Crippen molar-refractivity contribution in [3.8, 4) is 0 Å². The van der Waals surface area contributed by atoms with Crippen molar-refractivity contribution in [2.24, 2.45) is 11.5 Å². The van der Waals surface area contributed by atoms with Crippen molar-refractivity contribution >= 4 is 12.3 Å². The molecule has 0 saturated heterocycles. The third kappa shape index (κ3) is 137. The zero-order chi connectivity index (χ0) is 6.99. The van der Waals surface area contributed by atoms with E-state index in [1.807, 2.05) is 0 Å². The molecule has 0 rings (SSSR count). The molecule has 0 aliphatic heterocycles. The van der Waals surface area contributed by atoms with Crippen molar-refractivity contribution in [3.63, 3.8) is 0 Å². The second-order valence-corrected chi connectivity index (χ2v) is 0.743. The molecule has 4 nitrogen and oxygen atoms in total. The number of carbonyl (C=O) groups is 2. The topological polar surface area (TPSA) is 86.2 Å². The summed E-state index contributed by atoms with van der Waals surface area (Å²) in [7, 11) is 0. The van der Waals surface area contributed by atoms with Gasteiger partial charge in [0.15, 0.2) is 0 Å². The predicted octanol–water partition coefficient (Wildman–Crippen LogP) is -1.24. The lowest BCUT2D eigenvalue weighted by atomic mass is 10.6. The van der Waals surface area contributed by atoms with E-state index in [2.05, 4.69) is 18.0 Å². The Morgan fingerprint density at radius 3 is 1.75 bits per heavy atom. The second kappa shape index (κ2) is 9.19. The van der Waals surface area contributed by atoms with Gasteiger partial charge < -0.3 is 11.5 Å². The van der Waals surface area contributed by atoms with Gasteiger partial charge in [-0.2, -0.15) is 0 Å². The molecular formula is C4H8N2O2. The molecule has 0 bridgehead atoms. The molecule has 46 valence electrons. The average Bonchev–Trinajstić information content (AvgIpc) is 1.69. The Labute approximate surface area is 47.2 Å². The van der Waals surface area contributed by atoms with Crippen molar-refractivity contribution in [1.29, 1.82) is 0 Å². The van der Waals surface area contributed by atoms with Crippen LogP contribution in [0, 0.1) is 0 Å². The van der Waals surface area contributed by atoms with Crippen LogP contribution < -0.4 is 11.5 Å². The lowest BCUT2D eigenvalue weighted by Gasteiger charge is -1.65. The summed E-state index contributed by atoms with van der Waals surface area (Å²) in [5, 5.41) is 0. The van der Waals surface area contributed by atoms with Gasteiger partial charge in [-0.15, -0.1) is 0 Å². The first-order valence-electron chi connectivity index (χ1n) is 1.76. The Balaban J connectivity index is 0. The van der Waals surface area contributed by atoms with Crippen molar-refractivity contribution in [1.82, 2.24) is 0 Å². The number of carbonyl (C=O) groups excluding carboxylic acids is 2. The fourth-order valence-electron chi connectivity index (χ4n) is 0. The minimum Gasteiger partial charge on any atom is -0.372 e. The van der Waals surface area contributed by atoms with Crippen LogP contribution in [-0.2, 0) is 9.59 Å². The van der Waals surface area contributed by atoms with Crippen LogP contribution in [0.5, 0.6) is 0 Å². The van der Waals surface area contributed by atoms with Crippen molar-refractivity contribution in [2.45, 2.75) is 0 Å². The van der Waals surface area contributed by atoms with E-state index in [9.17, 15) is 4.79 Å². The second-order valence-electron chi connectivity index (χ2n) is 0.743. The largest absolute Gasteiger partial charge is 0.372 e. The first-order chi connectivity index (χ1) is 3.68. The summed E-state index contributed by atoms with van der Waals surface area (Å²) in [5.74, 6) is -0.481. The summed E-state index contributed by atoms with van der Waals surface area (Å²) in [5.41, 5.74) is 8.70. The first-order valence-corrected chi connectivity index (χ1v) is 1.76. The molecule has 8 heavy (non-hydrogen) atoms. The van der Waals surface area contributed by atoms with Gasteiger partial charge >= 0.3 is 0 Å². The Bertz CT molecular complexity index is 90.0. The van der Waals surface area contributed by atoms with Crippen LogP contribution in [-0.4, -0.2) is 12.3 Å². The summed E-state index contributed by atoms with van der Waals surface area (Å²) in [6.07, 6.45) is 1.31. The molecule has 0 fully saturated rings. The van der Waals surface area contributed by atoms with Crippen LogP contribution >= 0.6 is 0 Å². The van der Waals surface area contributed by atoms with E-state index in [0.29, 0.717) is 0 Å². The monoisotopic (exact) mass is 116 g/mol. The van der Waals surface area contributed by atoms with Gasteiger partial charge in [-0.1, -0.05) is 6.58 Å².